The predicted octanol–water partition coefficient (Wildman–Crippen LogP) is 1.30. The van der Waals surface area contributed by atoms with Crippen LogP contribution in [0.5, 0.6) is 0 Å². The Balaban J connectivity index is 1.50. The average molecular weight is 387 g/mol. The lowest BCUT2D eigenvalue weighted by Crippen LogP contribution is -2.43. The largest absolute Gasteiger partial charge is 0.469 e. The fraction of sp³-hybridized carbons (Fsp3) is 0.500. The zero-order valence-corrected chi connectivity index (χ0v) is 15.9. The molecule has 0 spiro atoms. The van der Waals surface area contributed by atoms with Crippen LogP contribution < -0.4 is 5.32 Å². The van der Waals surface area contributed by atoms with Crippen LogP contribution in [-0.2, 0) is 25.7 Å². The SMILES string of the molecule is COC(=O)CC1CCN(C(=O)C[C@H]2NC(=O)N(Cc3ccccc3)C2=O)CC1. The number of likely N-dealkylation sites (tertiary alicyclic amines) is 1. The predicted molar refractivity (Wildman–Crippen MR) is 99.9 cm³/mol. The van der Waals surface area contributed by atoms with E-state index in [1.165, 1.54) is 7.11 Å². The van der Waals surface area contributed by atoms with E-state index in [4.69, 9.17) is 0 Å². The maximum atomic E-state index is 12.6. The van der Waals surface area contributed by atoms with Gasteiger partial charge in [0.1, 0.15) is 6.04 Å². The molecule has 28 heavy (non-hydrogen) atoms. The van der Waals surface area contributed by atoms with E-state index in [2.05, 4.69) is 10.1 Å². The molecule has 2 heterocycles. The van der Waals surface area contributed by atoms with Crippen LogP contribution in [0, 0.1) is 5.92 Å². The van der Waals surface area contributed by atoms with E-state index < -0.39 is 12.1 Å². The van der Waals surface area contributed by atoms with Gasteiger partial charge in [0.25, 0.3) is 5.91 Å². The third-order valence-electron chi connectivity index (χ3n) is 5.32. The molecular formula is C20H25N3O5. The molecule has 1 N–H and O–H groups in total. The van der Waals surface area contributed by atoms with Gasteiger partial charge in [-0.1, -0.05) is 30.3 Å². The number of esters is 1. The minimum atomic E-state index is -0.823. The van der Waals surface area contributed by atoms with Gasteiger partial charge in [-0.15, -0.1) is 0 Å². The Bertz CT molecular complexity index is 743. The number of imide groups is 1. The lowest BCUT2D eigenvalue weighted by Gasteiger charge is -2.32. The second-order valence-corrected chi connectivity index (χ2v) is 7.22. The molecular weight excluding hydrogens is 362 g/mol. The molecule has 4 amide bonds. The standard InChI is InChI=1S/C20H25N3O5/c1-28-18(25)11-14-7-9-22(10-8-14)17(24)12-16-19(26)23(20(27)21-16)13-15-5-3-2-4-6-15/h2-6,14,16H,7-13H2,1H3,(H,21,27)/t16-/m1/s1. The normalized spacial score (nSPS) is 20.2. The lowest BCUT2D eigenvalue weighted by atomic mass is 9.93. The van der Waals surface area contributed by atoms with Crippen LogP contribution in [0.2, 0.25) is 0 Å². The first-order valence-corrected chi connectivity index (χ1v) is 9.48. The Labute approximate surface area is 163 Å². The lowest BCUT2D eigenvalue weighted by molar-refractivity contribution is -0.142. The molecule has 0 bridgehead atoms. The van der Waals surface area contributed by atoms with Gasteiger partial charge in [0, 0.05) is 19.5 Å². The van der Waals surface area contributed by atoms with Gasteiger partial charge in [0.05, 0.1) is 20.1 Å². The molecule has 2 aliphatic heterocycles. The topological polar surface area (TPSA) is 96.0 Å². The van der Waals surface area contributed by atoms with Crippen molar-refractivity contribution >= 4 is 23.8 Å². The molecule has 8 nitrogen and oxygen atoms in total. The number of nitrogens with one attached hydrogen (secondary N) is 1. The number of rotatable bonds is 6. The summed E-state index contributed by atoms with van der Waals surface area (Å²) in [5.74, 6) is -0.548. The first-order chi connectivity index (χ1) is 13.5. The third kappa shape index (κ3) is 4.68. The molecule has 0 aliphatic carbocycles. The number of carbonyl (C=O) groups excluding carboxylic acids is 4. The van der Waals surface area contributed by atoms with Crippen molar-refractivity contribution in [3.8, 4) is 0 Å². The molecule has 150 valence electrons. The van der Waals surface area contributed by atoms with E-state index in [9.17, 15) is 19.2 Å². The summed E-state index contributed by atoms with van der Waals surface area (Å²) in [5, 5.41) is 2.62. The summed E-state index contributed by atoms with van der Waals surface area (Å²) in [6.45, 7) is 1.28. The number of benzene rings is 1. The zero-order valence-electron chi connectivity index (χ0n) is 15.9. The van der Waals surface area contributed by atoms with Gasteiger partial charge >= 0.3 is 12.0 Å². The maximum Gasteiger partial charge on any atom is 0.325 e. The quantitative estimate of drug-likeness (QED) is 0.586. The Hall–Kier alpha value is -2.90. The van der Waals surface area contributed by atoms with Crippen LogP contribution in [0.15, 0.2) is 30.3 Å². The Morgan fingerprint density at radius 2 is 1.79 bits per heavy atom. The van der Waals surface area contributed by atoms with Crippen LogP contribution in [0.3, 0.4) is 0 Å². The van der Waals surface area contributed by atoms with Gasteiger partial charge in [-0.05, 0) is 24.3 Å². The Morgan fingerprint density at radius 3 is 2.43 bits per heavy atom. The highest BCUT2D eigenvalue weighted by Crippen LogP contribution is 2.22. The zero-order chi connectivity index (χ0) is 20.1. The average Bonchev–Trinajstić information content (AvgIpc) is 2.96. The Kier molecular flexibility index (Phi) is 6.28. The minimum absolute atomic E-state index is 0.0441. The number of hydrogen-bond donors (Lipinski definition) is 1. The molecule has 8 heteroatoms. The monoisotopic (exact) mass is 387 g/mol. The smallest absolute Gasteiger partial charge is 0.325 e. The van der Waals surface area contributed by atoms with E-state index in [1.807, 2.05) is 30.3 Å². The van der Waals surface area contributed by atoms with Crippen molar-refractivity contribution in [3.05, 3.63) is 35.9 Å². The van der Waals surface area contributed by atoms with Crippen LogP contribution in [0.4, 0.5) is 4.79 Å². The highest BCUT2D eigenvalue weighted by molar-refractivity contribution is 6.05. The van der Waals surface area contributed by atoms with E-state index in [0.29, 0.717) is 19.5 Å². The molecule has 2 aliphatic rings. The van der Waals surface area contributed by atoms with Crippen LogP contribution in [-0.4, -0.2) is 59.9 Å². The van der Waals surface area contributed by atoms with Gasteiger partial charge in [-0.25, -0.2) is 4.79 Å². The highest BCUT2D eigenvalue weighted by atomic mass is 16.5. The van der Waals surface area contributed by atoms with Crippen LogP contribution >= 0.6 is 0 Å². The maximum absolute atomic E-state index is 12.6. The molecule has 2 saturated heterocycles. The van der Waals surface area contributed by atoms with E-state index in [-0.39, 0.29) is 36.7 Å². The van der Waals surface area contributed by atoms with Gasteiger partial charge in [-0.2, -0.15) is 0 Å². The molecule has 0 unspecified atom stereocenters. The number of ether oxygens (including phenoxy) is 1. The highest BCUT2D eigenvalue weighted by Gasteiger charge is 2.40. The number of hydrogen-bond acceptors (Lipinski definition) is 5. The Morgan fingerprint density at radius 1 is 1.11 bits per heavy atom. The minimum Gasteiger partial charge on any atom is -0.469 e. The second kappa shape index (κ2) is 8.86. The van der Waals surface area contributed by atoms with Crippen molar-refractivity contribution in [1.29, 1.82) is 0 Å². The van der Waals surface area contributed by atoms with Gasteiger partial charge in [0.15, 0.2) is 0 Å². The van der Waals surface area contributed by atoms with E-state index in [0.717, 1.165) is 23.3 Å². The summed E-state index contributed by atoms with van der Waals surface area (Å²) >= 11 is 0. The van der Waals surface area contributed by atoms with Crippen molar-refractivity contribution in [2.45, 2.75) is 38.3 Å². The first kappa shape index (κ1) is 19.9. The van der Waals surface area contributed by atoms with Crippen molar-refractivity contribution in [3.63, 3.8) is 0 Å². The molecule has 1 atom stereocenters. The summed E-state index contributed by atoms with van der Waals surface area (Å²) in [6, 6.07) is 7.96. The van der Waals surface area contributed by atoms with Gasteiger partial charge in [-0.3, -0.25) is 19.3 Å². The summed E-state index contributed by atoms with van der Waals surface area (Å²) in [7, 11) is 1.37. The van der Waals surface area contributed by atoms with Crippen molar-refractivity contribution in [2.75, 3.05) is 20.2 Å². The first-order valence-electron chi connectivity index (χ1n) is 9.48. The molecule has 3 rings (SSSR count). The van der Waals surface area contributed by atoms with E-state index in [1.54, 1.807) is 4.90 Å². The molecule has 0 saturated carbocycles. The summed E-state index contributed by atoms with van der Waals surface area (Å²) in [5.41, 5.74) is 0.852. The summed E-state index contributed by atoms with van der Waals surface area (Å²) < 4.78 is 4.69. The van der Waals surface area contributed by atoms with Gasteiger partial charge in [0.2, 0.25) is 5.91 Å². The van der Waals surface area contributed by atoms with Crippen LogP contribution in [0.25, 0.3) is 0 Å². The third-order valence-corrected chi connectivity index (χ3v) is 5.32. The van der Waals surface area contributed by atoms with Gasteiger partial charge < -0.3 is 15.0 Å². The molecule has 0 radical (unpaired) electrons. The molecule has 1 aromatic carbocycles. The van der Waals surface area contributed by atoms with Crippen molar-refractivity contribution in [1.82, 2.24) is 15.1 Å². The summed E-state index contributed by atoms with van der Waals surface area (Å²) in [4.78, 5) is 51.5. The van der Waals surface area contributed by atoms with Crippen molar-refractivity contribution in [2.24, 2.45) is 5.92 Å². The second-order valence-electron chi connectivity index (χ2n) is 7.22. The number of nitrogens with zero attached hydrogens (tertiary/aromatic N) is 2. The fourth-order valence-corrected chi connectivity index (χ4v) is 3.64. The number of amides is 4. The molecule has 0 aromatic heterocycles. The molecule has 1 aromatic rings. The van der Waals surface area contributed by atoms with Crippen molar-refractivity contribution < 1.29 is 23.9 Å². The van der Waals surface area contributed by atoms with Crippen LogP contribution in [0.1, 0.15) is 31.2 Å². The molecule has 2 fully saturated rings. The number of carbonyl (C=O) groups is 4. The summed E-state index contributed by atoms with van der Waals surface area (Å²) in [6.07, 6.45) is 1.78. The number of methoxy groups -OCH3 is 1. The number of urea groups is 1. The van der Waals surface area contributed by atoms with E-state index >= 15 is 0 Å². The fourth-order valence-electron chi connectivity index (χ4n) is 3.64. The number of piperidine rings is 1.